The molecule has 1 aromatic carbocycles. The fourth-order valence-corrected chi connectivity index (χ4v) is 10.7. The summed E-state index contributed by atoms with van der Waals surface area (Å²) in [6.45, 7) is 4.35. The van der Waals surface area contributed by atoms with E-state index in [0.717, 1.165) is 19.3 Å². The van der Waals surface area contributed by atoms with Crippen LogP contribution in [0.15, 0.2) is 23.0 Å². The second-order valence-corrected chi connectivity index (χ2v) is 20.6. The molecule has 60 heavy (non-hydrogen) atoms. The molecule has 3 amide bonds. The third-order valence-electron chi connectivity index (χ3n) is 12.9. The number of nitrogens with zero attached hydrogens (tertiary/aromatic N) is 3. The Hall–Kier alpha value is -4.34. The van der Waals surface area contributed by atoms with Crippen molar-refractivity contribution in [3.05, 3.63) is 33.6 Å². The van der Waals surface area contributed by atoms with Gasteiger partial charge in [0.25, 0.3) is 11.6 Å². The lowest BCUT2D eigenvalue weighted by Gasteiger charge is -2.35. The molecule has 1 saturated heterocycles. The Kier molecular flexibility index (Phi) is 11.2. The number of benzene rings is 1. The Morgan fingerprint density at radius 1 is 1.08 bits per heavy atom. The van der Waals surface area contributed by atoms with E-state index in [-0.39, 0.29) is 54.4 Å². The van der Waals surface area contributed by atoms with Gasteiger partial charge in [0, 0.05) is 35.7 Å². The van der Waals surface area contributed by atoms with E-state index >= 15 is 0 Å². The molecule has 4 fully saturated rings. The Labute approximate surface area is 351 Å². The summed E-state index contributed by atoms with van der Waals surface area (Å²) in [5.41, 5.74) is -3.15. The summed E-state index contributed by atoms with van der Waals surface area (Å²) in [7, 11) is -3.85. The van der Waals surface area contributed by atoms with Crippen molar-refractivity contribution in [2.75, 3.05) is 13.1 Å². The smallest absolute Gasteiger partial charge is 0.408 e. The molecule has 1 aromatic heterocycles. The number of sulfonamides is 1. The number of amides is 3. The van der Waals surface area contributed by atoms with Gasteiger partial charge in [-0.1, -0.05) is 57.1 Å². The predicted octanol–water partition coefficient (Wildman–Crippen LogP) is 3.54. The maximum atomic E-state index is 14.8. The van der Waals surface area contributed by atoms with Crippen LogP contribution in [-0.2, 0) is 35.7 Å². The van der Waals surface area contributed by atoms with Gasteiger partial charge in [0.05, 0.1) is 35.2 Å². The first-order valence-electron chi connectivity index (χ1n) is 20.6. The van der Waals surface area contributed by atoms with Gasteiger partial charge in [-0.05, 0) is 62.1 Å². The van der Waals surface area contributed by atoms with Crippen molar-refractivity contribution in [1.82, 2.24) is 29.8 Å². The summed E-state index contributed by atoms with van der Waals surface area (Å²) in [4.78, 5) is 76.3. The van der Waals surface area contributed by atoms with Gasteiger partial charge in [0.1, 0.15) is 29.8 Å². The standard InChI is InChI=1S/C41H49ClF2N6O9S/c1-40(2,3)33-37(54)50-20-23(17-30(50)35(52)48-41(18-28(41)34(43)44)32(51)19-45-60(56,57)24-10-11-24)58-38-46-29-16-22(42)9-13-27(29)36(53)49(38)14-6-4-5-7-26-25-12-8-21(25)15-31(26)59-39(55)47-33/h9,13,16,21,23-26,28,30-31,33-34,45H,4-7,10-11,14-15,17-20H2,1-3H3,(H,47,55)(H,48,52)/t21-,23+,25-,26+,28-,30-,31+,33+,41+/m0/s1. The number of hydrogen-bond acceptors (Lipinski definition) is 10. The highest BCUT2D eigenvalue weighted by Gasteiger charge is 2.65. The third-order valence-corrected chi connectivity index (χ3v) is 15.0. The molecule has 9 atom stereocenters. The van der Waals surface area contributed by atoms with Crippen LogP contribution >= 0.6 is 11.6 Å². The topological polar surface area (TPSA) is 195 Å². The molecule has 324 valence electrons. The summed E-state index contributed by atoms with van der Waals surface area (Å²) in [6.07, 6.45) is -1.74. The van der Waals surface area contributed by atoms with Gasteiger partial charge in [0.15, 0.2) is 5.78 Å². The van der Waals surface area contributed by atoms with Crippen molar-refractivity contribution >= 4 is 56.2 Å². The highest BCUT2D eigenvalue weighted by atomic mass is 35.5. The van der Waals surface area contributed by atoms with E-state index in [4.69, 9.17) is 21.1 Å². The van der Waals surface area contributed by atoms with Gasteiger partial charge in [-0.3, -0.25) is 23.7 Å². The van der Waals surface area contributed by atoms with Crippen LogP contribution in [0.25, 0.3) is 10.9 Å². The summed E-state index contributed by atoms with van der Waals surface area (Å²) in [5.74, 6) is 2.38. The second-order valence-electron chi connectivity index (χ2n) is 18.1. The van der Waals surface area contributed by atoms with Crippen molar-refractivity contribution in [2.45, 2.75) is 127 Å². The lowest BCUT2D eigenvalue weighted by atomic mass is 9.81. The number of ketones is 1. The highest BCUT2D eigenvalue weighted by molar-refractivity contribution is 7.90. The van der Waals surface area contributed by atoms with E-state index in [1.165, 1.54) is 15.5 Å². The number of carbonyl (C=O) groups excluding carboxylic acids is 4. The van der Waals surface area contributed by atoms with E-state index in [2.05, 4.69) is 32.2 Å². The number of carbonyl (C=O) groups is 4. The SMILES string of the molecule is CC(C)(C)[C@@H]1NC(=O)O[C@@H]2C[C@@H]3C#C[C@@H]3[C@H]2CCCCCn2c(nc3cc(Cl)ccc3c2=O)O[C@@H]2C[C@@H](C(=O)N[C@]3(C(=O)CNS(=O)(=O)C4CC4)C[C@H]3C(F)F)N(C2)C1=O. The predicted molar refractivity (Wildman–Crippen MR) is 213 cm³/mol. The molecular formula is C41H49ClF2N6O9S. The molecule has 8 rings (SSSR count). The van der Waals surface area contributed by atoms with Crippen LogP contribution in [-0.4, -0.2) is 101 Å². The fourth-order valence-electron chi connectivity index (χ4n) is 9.23. The fraction of sp³-hybridized carbons (Fsp3) is 0.659. The van der Waals surface area contributed by atoms with Gasteiger partial charge in [-0.15, -0.1) is 0 Å². The minimum Gasteiger partial charge on any atom is -0.459 e. The van der Waals surface area contributed by atoms with Crippen molar-refractivity contribution in [2.24, 2.45) is 29.1 Å². The van der Waals surface area contributed by atoms with E-state index < -0.39 is 99.5 Å². The van der Waals surface area contributed by atoms with Crippen molar-refractivity contribution in [3.8, 4) is 17.9 Å². The van der Waals surface area contributed by atoms with E-state index in [9.17, 15) is 41.2 Å². The molecular weight excluding hydrogens is 826 g/mol. The van der Waals surface area contributed by atoms with Gasteiger partial charge in [-0.2, -0.15) is 4.98 Å². The average Bonchev–Trinajstić information content (AvgIpc) is 4.09. The quantitative estimate of drug-likeness (QED) is 0.331. The first kappa shape index (κ1) is 42.4. The molecule has 2 aromatic rings. The molecule has 4 aliphatic carbocycles. The van der Waals surface area contributed by atoms with Crippen molar-refractivity contribution in [3.63, 3.8) is 0 Å². The molecule has 0 unspecified atom stereocenters. The van der Waals surface area contributed by atoms with E-state index in [0.29, 0.717) is 36.1 Å². The van der Waals surface area contributed by atoms with Crippen LogP contribution in [0.3, 0.4) is 0 Å². The molecule has 3 saturated carbocycles. The molecule has 2 aliphatic heterocycles. The Bertz CT molecular complexity index is 2340. The Morgan fingerprint density at radius 3 is 2.52 bits per heavy atom. The minimum absolute atomic E-state index is 0.0238. The number of Topliss-reactive ketones (excluding diaryl/α,β-unsaturated/α-hetero) is 1. The number of rotatable bonds is 8. The average molecular weight is 875 g/mol. The Balaban J connectivity index is 1.13. The monoisotopic (exact) mass is 874 g/mol. The molecule has 3 N–H and O–H groups in total. The van der Waals surface area contributed by atoms with Crippen LogP contribution in [0.4, 0.5) is 13.6 Å². The maximum absolute atomic E-state index is 14.8. The lowest BCUT2D eigenvalue weighted by Crippen LogP contribution is -2.60. The molecule has 3 heterocycles. The van der Waals surface area contributed by atoms with Gasteiger partial charge >= 0.3 is 6.09 Å². The molecule has 15 nitrogen and oxygen atoms in total. The van der Waals surface area contributed by atoms with Gasteiger partial charge < -0.3 is 25.0 Å². The summed E-state index contributed by atoms with van der Waals surface area (Å²) < 4.78 is 69.6. The zero-order valence-corrected chi connectivity index (χ0v) is 35.1. The number of halogens is 3. The van der Waals surface area contributed by atoms with Crippen LogP contribution in [0.1, 0.15) is 78.6 Å². The molecule has 0 radical (unpaired) electrons. The third kappa shape index (κ3) is 8.21. The molecule has 0 spiro atoms. The van der Waals surface area contributed by atoms with Crippen LogP contribution in [0.2, 0.25) is 5.02 Å². The number of nitrogens with one attached hydrogen (secondary N) is 3. The van der Waals surface area contributed by atoms with Crippen molar-refractivity contribution in [1.29, 1.82) is 0 Å². The number of hydrogen-bond donors (Lipinski definition) is 3. The van der Waals surface area contributed by atoms with Gasteiger partial charge in [-0.25, -0.2) is 26.7 Å². The summed E-state index contributed by atoms with van der Waals surface area (Å²) in [5, 5.41) is 5.24. The second kappa shape index (κ2) is 15.8. The van der Waals surface area contributed by atoms with Crippen LogP contribution in [0.5, 0.6) is 6.01 Å². The number of ether oxygens (including phenoxy) is 2. The van der Waals surface area contributed by atoms with E-state index in [1.807, 2.05) is 0 Å². The number of alkyl halides is 2. The number of alkyl carbamates (subject to hydrolysis) is 1. The highest BCUT2D eigenvalue weighted by Crippen LogP contribution is 2.49. The first-order valence-corrected chi connectivity index (χ1v) is 22.6. The molecule has 6 aliphatic rings. The summed E-state index contributed by atoms with van der Waals surface area (Å²) in [6, 6.07) is 1.95. The molecule has 19 heteroatoms. The zero-order chi connectivity index (χ0) is 42.9. The molecule has 2 bridgehead atoms. The first-order chi connectivity index (χ1) is 28.4. The van der Waals surface area contributed by atoms with Gasteiger partial charge in [0.2, 0.25) is 28.3 Å². The number of aromatic nitrogens is 2. The normalized spacial score (nSPS) is 31.8. The largest absolute Gasteiger partial charge is 0.459 e. The Morgan fingerprint density at radius 2 is 1.85 bits per heavy atom. The zero-order valence-electron chi connectivity index (χ0n) is 33.5. The van der Waals surface area contributed by atoms with Crippen LogP contribution in [0, 0.1) is 40.9 Å². The van der Waals surface area contributed by atoms with Crippen LogP contribution < -0.4 is 25.7 Å². The summed E-state index contributed by atoms with van der Waals surface area (Å²) >= 11 is 6.28. The van der Waals surface area contributed by atoms with E-state index in [1.54, 1.807) is 32.9 Å². The van der Waals surface area contributed by atoms with Crippen molar-refractivity contribution < 1.29 is 45.9 Å². The minimum atomic E-state index is -3.85. The number of fused-ring (bicyclic) bond motifs is 7. The lowest BCUT2D eigenvalue weighted by molar-refractivity contribution is -0.143. The maximum Gasteiger partial charge on any atom is 0.408 e.